The second-order valence-electron chi connectivity index (χ2n) is 6.79. The molecule has 1 aliphatic rings. The molecule has 3 rings (SSSR count). The summed E-state index contributed by atoms with van der Waals surface area (Å²) in [6.45, 7) is 4.54. The summed E-state index contributed by atoms with van der Waals surface area (Å²) in [5, 5.41) is 3.77. The molecule has 0 saturated carbocycles. The van der Waals surface area contributed by atoms with Gasteiger partial charge in [-0.15, -0.1) is 0 Å². The Balaban J connectivity index is 1.54. The molecule has 8 nitrogen and oxygen atoms in total. The van der Waals surface area contributed by atoms with E-state index in [0.717, 1.165) is 24.2 Å². The molecule has 0 radical (unpaired) electrons. The van der Waals surface area contributed by atoms with E-state index in [2.05, 4.69) is 10.1 Å². The van der Waals surface area contributed by atoms with Gasteiger partial charge in [-0.05, 0) is 44.4 Å². The normalized spacial score (nSPS) is 20.3. The molecule has 0 aliphatic carbocycles. The van der Waals surface area contributed by atoms with Crippen LogP contribution in [0.5, 0.6) is 5.75 Å². The molecule has 0 amide bonds. The van der Waals surface area contributed by atoms with Crippen LogP contribution in [0, 0.1) is 13.8 Å². The van der Waals surface area contributed by atoms with E-state index in [9.17, 15) is 8.42 Å². The molecule has 0 N–H and O–H groups in total. The molecule has 27 heavy (non-hydrogen) atoms. The largest absolute Gasteiger partial charge is 0.492 e. The Bertz CT molecular complexity index is 867. The Labute approximate surface area is 159 Å². The number of nitrogens with zero attached hydrogens (tertiary/aromatic N) is 3. The quantitative estimate of drug-likeness (QED) is 0.676. The maximum absolute atomic E-state index is 12.1. The van der Waals surface area contributed by atoms with Gasteiger partial charge in [-0.25, -0.2) is 8.42 Å². The Morgan fingerprint density at radius 2 is 2.11 bits per heavy atom. The van der Waals surface area contributed by atoms with Gasteiger partial charge in [0.15, 0.2) is 5.82 Å². The summed E-state index contributed by atoms with van der Waals surface area (Å²) in [5.41, 5.74) is 1.09. The summed E-state index contributed by atoms with van der Waals surface area (Å²) in [5.74, 6) is 1.74. The number of sulfonamides is 1. The van der Waals surface area contributed by atoms with Gasteiger partial charge < -0.3 is 14.0 Å². The molecule has 2 aromatic rings. The van der Waals surface area contributed by atoms with Crippen molar-refractivity contribution in [3.05, 3.63) is 41.5 Å². The van der Waals surface area contributed by atoms with E-state index in [4.69, 9.17) is 14.0 Å². The third-order valence-corrected chi connectivity index (χ3v) is 5.67. The zero-order chi connectivity index (χ0) is 19.4. The molecule has 148 valence electrons. The second-order valence-corrected chi connectivity index (χ2v) is 8.77. The first-order valence-corrected chi connectivity index (χ1v) is 10.8. The van der Waals surface area contributed by atoms with E-state index in [1.165, 1.54) is 10.6 Å². The Kier molecular flexibility index (Phi) is 6.13. The third kappa shape index (κ3) is 5.50. The zero-order valence-electron chi connectivity index (χ0n) is 15.8. The van der Waals surface area contributed by atoms with E-state index < -0.39 is 10.0 Å². The first-order valence-electron chi connectivity index (χ1n) is 8.91. The van der Waals surface area contributed by atoms with E-state index in [1.807, 2.05) is 31.2 Å². The van der Waals surface area contributed by atoms with Crippen molar-refractivity contribution < 1.29 is 22.4 Å². The van der Waals surface area contributed by atoms with Gasteiger partial charge in [0, 0.05) is 13.1 Å². The van der Waals surface area contributed by atoms with Crippen LogP contribution in [-0.4, -0.2) is 54.9 Å². The van der Waals surface area contributed by atoms with Gasteiger partial charge in [0.1, 0.15) is 18.5 Å². The minimum Gasteiger partial charge on any atom is -0.492 e. The number of rotatable bonds is 8. The molecule has 2 heterocycles. The fourth-order valence-corrected chi connectivity index (χ4v) is 3.90. The molecule has 2 atom stereocenters. The molecule has 0 unspecified atom stereocenters. The second kappa shape index (κ2) is 8.37. The summed E-state index contributed by atoms with van der Waals surface area (Å²) < 4.78 is 42.5. The van der Waals surface area contributed by atoms with Crippen LogP contribution in [0.4, 0.5) is 0 Å². The van der Waals surface area contributed by atoms with Crippen molar-refractivity contribution in [2.24, 2.45) is 0 Å². The summed E-state index contributed by atoms with van der Waals surface area (Å²) in [4.78, 5) is 4.19. The number of benzene rings is 1. The third-order valence-electron chi connectivity index (χ3n) is 4.40. The molecule has 1 aliphatic heterocycles. The van der Waals surface area contributed by atoms with Crippen molar-refractivity contribution in [2.45, 2.75) is 38.9 Å². The highest BCUT2D eigenvalue weighted by molar-refractivity contribution is 7.88. The van der Waals surface area contributed by atoms with Crippen LogP contribution in [0.1, 0.15) is 36.2 Å². The van der Waals surface area contributed by atoms with Crippen LogP contribution < -0.4 is 4.74 Å². The minimum absolute atomic E-state index is 0.212. The first kappa shape index (κ1) is 19.8. The predicted molar refractivity (Wildman–Crippen MR) is 99.0 cm³/mol. The van der Waals surface area contributed by atoms with Gasteiger partial charge >= 0.3 is 0 Å². The van der Waals surface area contributed by atoms with Gasteiger partial charge in [0.2, 0.25) is 10.0 Å². The molecule has 1 aromatic heterocycles. The maximum Gasteiger partial charge on any atom is 0.255 e. The van der Waals surface area contributed by atoms with Crippen LogP contribution in [0.2, 0.25) is 0 Å². The highest BCUT2D eigenvalue weighted by Gasteiger charge is 2.33. The predicted octanol–water partition coefficient (Wildman–Crippen LogP) is 2.25. The monoisotopic (exact) mass is 395 g/mol. The number of aryl methyl sites for hydroxylation is 2. The van der Waals surface area contributed by atoms with Gasteiger partial charge in [-0.3, -0.25) is 0 Å². The van der Waals surface area contributed by atoms with E-state index in [1.54, 1.807) is 6.92 Å². The minimum atomic E-state index is -3.37. The topological polar surface area (TPSA) is 94.8 Å². The molecule has 9 heteroatoms. The number of aromatic nitrogens is 2. The van der Waals surface area contributed by atoms with Crippen LogP contribution >= 0.6 is 0 Å². The molecule has 0 spiro atoms. The van der Waals surface area contributed by atoms with Gasteiger partial charge in [0.05, 0.1) is 12.4 Å². The number of hydrogen-bond acceptors (Lipinski definition) is 7. The fourth-order valence-electron chi connectivity index (χ4n) is 3.06. The van der Waals surface area contributed by atoms with Gasteiger partial charge in [0.25, 0.3) is 5.89 Å². The van der Waals surface area contributed by atoms with Crippen molar-refractivity contribution in [3.8, 4) is 5.75 Å². The van der Waals surface area contributed by atoms with Crippen LogP contribution in [0.25, 0.3) is 0 Å². The van der Waals surface area contributed by atoms with Gasteiger partial charge in [-0.1, -0.05) is 17.3 Å². The first-order chi connectivity index (χ1) is 12.8. The average Bonchev–Trinajstić information content (AvgIpc) is 3.22. The summed E-state index contributed by atoms with van der Waals surface area (Å²) in [6.07, 6.45) is 2.17. The number of hydrogen-bond donors (Lipinski definition) is 0. The molecule has 1 fully saturated rings. The van der Waals surface area contributed by atoms with Crippen LogP contribution in [-0.2, 0) is 14.8 Å². The SMILES string of the molecule is Cc1cccc(OCCN(C[C@H]2CC[C@@H](c3nc(C)no3)O2)S(C)(=O)=O)c1. The lowest BCUT2D eigenvalue weighted by Crippen LogP contribution is -2.39. The summed E-state index contributed by atoms with van der Waals surface area (Å²) >= 11 is 0. The van der Waals surface area contributed by atoms with Crippen LogP contribution in [0.3, 0.4) is 0 Å². The number of ether oxygens (including phenoxy) is 2. The Morgan fingerprint density at radius 3 is 2.78 bits per heavy atom. The molecular formula is C18H25N3O5S. The highest BCUT2D eigenvalue weighted by Crippen LogP contribution is 2.32. The average molecular weight is 395 g/mol. The fraction of sp³-hybridized carbons (Fsp3) is 0.556. The highest BCUT2D eigenvalue weighted by atomic mass is 32.2. The zero-order valence-corrected chi connectivity index (χ0v) is 16.6. The lowest BCUT2D eigenvalue weighted by Gasteiger charge is -2.23. The van der Waals surface area contributed by atoms with E-state index in [-0.39, 0.29) is 31.9 Å². The molecular weight excluding hydrogens is 370 g/mol. The smallest absolute Gasteiger partial charge is 0.255 e. The lowest BCUT2D eigenvalue weighted by atomic mass is 10.2. The van der Waals surface area contributed by atoms with E-state index in [0.29, 0.717) is 11.7 Å². The Morgan fingerprint density at radius 1 is 1.30 bits per heavy atom. The van der Waals surface area contributed by atoms with Gasteiger partial charge in [-0.2, -0.15) is 9.29 Å². The Hall–Kier alpha value is -1.97. The maximum atomic E-state index is 12.1. The molecule has 1 saturated heterocycles. The summed E-state index contributed by atoms with van der Waals surface area (Å²) in [6, 6.07) is 7.66. The van der Waals surface area contributed by atoms with Crippen molar-refractivity contribution in [2.75, 3.05) is 26.0 Å². The summed E-state index contributed by atoms with van der Waals surface area (Å²) in [7, 11) is -3.37. The molecule has 0 bridgehead atoms. The lowest BCUT2D eigenvalue weighted by molar-refractivity contribution is 0.0170. The van der Waals surface area contributed by atoms with Crippen molar-refractivity contribution in [1.29, 1.82) is 0 Å². The van der Waals surface area contributed by atoms with E-state index >= 15 is 0 Å². The van der Waals surface area contributed by atoms with Crippen molar-refractivity contribution >= 4 is 10.0 Å². The molecule has 1 aromatic carbocycles. The standard InChI is InChI=1S/C18H25N3O5S/c1-13-5-4-6-15(11-13)24-10-9-21(27(3,22)23)12-16-7-8-17(25-16)18-19-14(2)20-26-18/h4-6,11,16-17H,7-10,12H2,1-3H3/t16-,17+/m1/s1. The van der Waals surface area contributed by atoms with Crippen molar-refractivity contribution in [1.82, 2.24) is 14.4 Å². The van der Waals surface area contributed by atoms with Crippen LogP contribution in [0.15, 0.2) is 28.8 Å². The van der Waals surface area contributed by atoms with Crippen molar-refractivity contribution in [3.63, 3.8) is 0 Å².